The van der Waals surface area contributed by atoms with Crippen LogP contribution >= 0.6 is 11.3 Å². The predicted octanol–water partition coefficient (Wildman–Crippen LogP) is 4.01. The molecule has 3 rings (SSSR count). The third-order valence-corrected chi connectivity index (χ3v) is 6.85. The van der Waals surface area contributed by atoms with Crippen LogP contribution in [0.25, 0.3) is 0 Å². The minimum Gasteiger partial charge on any atom is -0.497 e. The molecule has 0 unspecified atom stereocenters. The van der Waals surface area contributed by atoms with Crippen LogP contribution in [-0.2, 0) is 16.6 Å². The molecule has 2 aromatic carbocycles. The summed E-state index contributed by atoms with van der Waals surface area (Å²) >= 11 is 1.57. The molecule has 0 atom stereocenters. The SMILES string of the molecule is COc1ccc(NS(=O)(=O)c2ccc(C(=O)NCc3csc(C(C)C)n3)cc2)cc1. The lowest BCUT2D eigenvalue weighted by atomic mass is 10.2. The second-order valence-corrected chi connectivity index (χ2v) is 9.44. The summed E-state index contributed by atoms with van der Waals surface area (Å²) in [6.07, 6.45) is 0. The van der Waals surface area contributed by atoms with Crippen LogP contribution in [0.3, 0.4) is 0 Å². The van der Waals surface area contributed by atoms with Gasteiger partial charge < -0.3 is 10.1 Å². The van der Waals surface area contributed by atoms with E-state index in [0.29, 0.717) is 29.5 Å². The molecule has 3 aromatic rings. The number of nitrogens with zero attached hydrogens (tertiary/aromatic N) is 1. The first-order chi connectivity index (χ1) is 14.3. The van der Waals surface area contributed by atoms with Crippen molar-refractivity contribution in [1.82, 2.24) is 10.3 Å². The Labute approximate surface area is 180 Å². The van der Waals surface area contributed by atoms with Crippen molar-refractivity contribution < 1.29 is 17.9 Å². The molecule has 1 aromatic heterocycles. The van der Waals surface area contributed by atoms with Gasteiger partial charge in [0.1, 0.15) is 5.75 Å². The Kier molecular flexibility index (Phi) is 6.73. The summed E-state index contributed by atoms with van der Waals surface area (Å²) in [5.74, 6) is 0.688. The number of aromatic nitrogens is 1. The highest BCUT2D eigenvalue weighted by Gasteiger charge is 2.16. The molecule has 0 saturated heterocycles. The Hall–Kier alpha value is -2.91. The maximum absolute atomic E-state index is 12.6. The lowest BCUT2D eigenvalue weighted by molar-refractivity contribution is 0.0950. The summed E-state index contributed by atoms with van der Waals surface area (Å²) in [4.78, 5) is 16.9. The van der Waals surface area contributed by atoms with Crippen LogP contribution in [0.1, 0.15) is 40.8 Å². The fraction of sp³-hybridized carbons (Fsp3) is 0.238. The van der Waals surface area contributed by atoms with Crippen molar-refractivity contribution in [3.63, 3.8) is 0 Å². The van der Waals surface area contributed by atoms with E-state index in [0.717, 1.165) is 10.7 Å². The molecule has 1 amide bonds. The van der Waals surface area contributed by atoms with Crippen LogP contribution in [0, 0.1) is 0 Å². The molecule has 0 saturated carbocycles. The highest BCUT2D eigenvalue weighted by molar-refractivity contribution is 7.92. The van der Waals surface area contributed by atoms with Crippen molar-refractivity contribution >= 4 is 33.0 Å². The monoisotopic (exact) mass is 445 g/mol. The van der Waals surface area contributed by atoms with Gasteiger partial charge in [-0.05, 0) is 48.5 Å². The summed E-state index contributed by atoms with van der Waals surface area (Å²) in [6, 6.07) is 12.3. The van der Waals surface area contributed by atoms with Crippen molar-refractivity contribution in [2.45, 2.75) is 31.2 Å². The lowest BCUT2D eigenvalue weighted by Gasteiger charge is -2.09. The Bertz CT molecular complexity index is 1110. The van der Waals surface area contributed by atoms with E-state index in [1.54, 1.807) is 35.6 Å². The summed E-state index contributed by atoms with van der Waals surface area (Å²) in [5, 5.41) is 5.76. The zero-order valence-electron chi connectivity index (χ0n) is 16.9. The van der Waals surface area contributed by atoms with E-state index in [4.69, 9.17) is 4.74 Å². The van der Waals surface area contributed by atoms with Crippen LogP contribution in [0.4, 0.5) is 5.69 Å². The normalized spacial score (nSPS) is 11.3. The molecule has 0 bridgehead atoms. The Morgan fingerprint density at radius 3 is 2.33 bits per heavy atom. The summed E-state index contributed by atoms with van der Waals surface area (Å²) in [5.41, 5.74) is 1.60. The number of nitrogens with one attached hydrogen (secondary N) is 2. The van der Waals surface area contributed by atoms with E-state index in [-0.39, 0.29) is 10.8 Å². The number of hydrogen-bond acceptors (Lipinski definition) is 6. The molecule has 0 aliphatic carbocycles. The van der Waals surface area contributed by atoms with Crippen LogP contribution in [-0.4, -0.2) is 26.4 Å². The lowest BCUT2D eigenvalue weighted by Crippen LogP contribution is -2.23. The van der Waals surface area contributed by atoms with Crippen LogP contribution in [0.5, 0.6) is 5.75 Å². The van der Waals surface area contributed by atoms with Crippen molar-refractivity contribution in [1.29, 1.82) is 0 Å². The molecule has 0 fully saturated rings. The molecule has 2 N–H and O–H groups in total. The van der Waals surface area contributed by atoms with Crippen LogP contribution in [0.15, 0.2) is 58.8 Å². The number of methoxy groups -OCH3 is 1. The molecule has 0 aliphatic heterocycles. The number of carbonyl (C=O) groups excluding carboxylic acids is 1. The van der Waals surface area contributed by atoms with Gasteiger partial charge in [0.15, 0.2) is 0 Å². The van der Waals surface area contributed by atoms with Crippen molar-refractivity contribution in [3.05, 3.63) is 70.2 Å². The van der Waals surface area contributed by atoms with Crippen LogP contribution < -0.4 is 14.8 Å². The maximum Gasteiger partial charge on any atom is 0.261 e. The number of amides is 1. The average Bonchev–Trinajstić information content (AvgIpc) is 3.22. The molecular formula is C21H23N3O4S2. The summed E-state index contributed by atoms with van der Waals surface area (Å²) in [7, 11) is -2.23. The zero-order chi connectivity index (χ0) is 21.7. The van der Waals surface area contributed by atoms with Crippen molar-refractivity contribution in [2.75, 3.05) is 11.8 Å². The Morgan fingerprint density at radius 2 is 1.77 bits per heavy atom. The molecule has 0 aliphatic rings. The van der Waals surface area contributed by atoms with Gasteiger partial charge in [0.2, 0.25) is 0 Å². The van der Waals surface area contributed by atoms with Crippen LogP contribution in [0.2, 0.25) is 0 Å². The fourth-order valence-corrected chi connectivity index (χ4v) is 4.49. The zero-order valence-corrected chi connectivity index (χ0v) is 18.5. The highest BCUT2D eigenvalue weighted by Crippen LogP contribution is 2.20. The second-order valence-electron chi connectivity index (χ2n) is 6.87. The standard InChI is InChI=1S/C21H23N3O4S2/c1-14(2)21-23-17(13-29-21)12-22-20(25)15-4-10-19(11-5-15)30(26,27)24-16-6-8-18(28-3)9-7-16/h4-11,13-14,24H,12H2,1-3H3,(H,22,25). The van der Waals surface area contributed by atoms with E-state index in [1.807, 2.05) is 5.38 Å². The molecular weight excluding hydrogens is 422 g/mol. The first-order valence-electron chi connectivity index (χ1n) is 9.28. The third-order valence-electron chi connectivity index (χ3n) is 4.26. The topological polar surface area (TPSA) is 97.4 Å². The number of ether oxygens (including phenoxy) is 1. The van der Waals surface area contributed by atoms with Crippen molar-refractivity contribution in [3.8, 4) is 5.75 Å². The van der Waals surface area contributed by atoms with E-state index >= 15 is 0 Å². The molecule has 0 spiro atoms. The molecule has 7 nitrogen and oxygen atoms in total. The number of thiazole rings is 1. The second kappa shape index (κ2) is 9.27. The van der Waals surface area contributed by atoms with Gasteiger partial charge in [-0.25, -0.2) is 13.4 Å². The summed E-state index contributed by atoms with van der Waals surface area (Å²) < 4.78 is 32.7. The maximum atomic E-state index is 12.6. The highest BCUT2D eigenvalue weighted by atomic mass is 32.2. The van der Waals surface area contributed by atoms with Gasteiger partial charge in [0, 0.05) is 22.5 Å². The number of benzene rings is 2. The summed E-state index contributed by atoms with van der Waals surface area (Å²) in [6.45, 7) is 4.46. The van der Waals surface area contributed by atoms with Gasteiger partial charge in [0.25, 0.3) is 15.9 Å². The molecule has 158 valence electrons. The fourth-order valence-electron chi connectivity index (χ4n) is 2.60. The Balaban J connectivity index is 1.63. The first-order valence-corrected chi connectivity index (χ1v) is 11.6. The minimum absolute atomic E-state index is 0.0657. The molecule has 1 heterocycles. The molecule has 0 radical (unpaired) electrons. The smallest absolute Gasteiger partial charge is 0.261 e. The largest absolute Gasteiger partial charge is 0.497 e. The van der Waals surface area contributed by atoms with E-state index < -0.39 is 10.0 Å². The molecule has 30 heavy (non-hydrogen) atoms. The van der Waals surface area contributed by atoms with Gasteiger partial charge >= 0.3 is 0 Å². The van der Waals surface area contributed by atoms with Gasteiger partial charge in [0.05, 0.1) is 29.3 Å². The van der Waals surface area contributed by atoms with Gasteiger partial charge in [-0.1, -0.05) is 13.8 Å². The van der Waals surface area contributed by atoms with Gasteiger partial charge in [-0.15, -0.1) is 11.3 Å². The average molecular weight is 446 g/mol. The number of sulfonamides is 1. The number of anilines is 1. The van der Waals surface area contributed by atoms with E-state index in [2.05, 4.69) is 28.9 Å². The first kappa shape index (κ1) is 21.8. The number of rotatable bonds is 8. The van der Waals surface area contributed by atoms with Gasteiger partial charge in [-0.3, -0.25) is 9.52 Å². The van der Waals surface area contributed by atoms with E-state index in [9.17, 15) is 13.2 Å². The van der Waals surface area contributed by atoms with Crippen molar-refractivity contribution in [2.24, 2.45) is 0 Å². The predicted molar refractivity (Wildman–Crippen MR) is 118 cm³/mol. The Morgan fingerprint density at radius 1 is 1.10 bits per heavy atom. The van der Waals surface area contributed by atoms with E-state index in [1.165, 1.54) is 31.4 Å². The molecule has 9 heteroatoms. The third kappa shape index (κ3) is 5.37. The quantitative estimate of drug-likeness (QED) is 0.546. The minimum atomic E-state index is -3.77. The number of carbonyl (C=O) groups is 1. The number of hydrogen-bond donors (Lipinski definition) is 2. The van der Waals surface area contributed by atoms with Gasteiger partial charge in [-0.2, -0.15) is 0 Å².